The lowest BCUT2D eigenvalue weighted by atomic mass is 10.0. The molecule has 0 aliphatic rings. The van der Waals surface area contributed by atoms with Crippen molar-refractivity contribution in [1.29, 1.82) is 0 Å². The molecule has 0 saturated heterocycles. The first-order valence-corrected chi connectivity index (χ1v) is 8.45. The summed E-state index contributed by atoms with van der Waals surface area (Å²) in [5, 5.41) is 0. The zero-order chi connectivity index (χ0) is 14.6. The molecule has 1 unspecified atom stereocenters. The Kier molecular flexibility index (Phi) is 5.52. The van der Waals surface area contributed by atoms with E-state index in [9.17, 15) is 8.42 Å². The van der Waals surface area contributed by atoms with Crippen LogP contribution in [0.25, 0.3) is 0 Å². The standard InChI is InChI=1S/C14H24N2O2S/c1-11-7-12(2)9-13(8-11)14(10-15)16(3)5-6-19(4,17)18/h7-9,14H,5-6,10,15H2,1-4H3. The van der Waals surface area contributed by atoms with Gasteiger partial charge in [0.05, 0.1) is 5.75 Å². The van der Waals surface area contributed by atoms with Gasteiger partial charge in [0.2, 0.25) is 0 Å². The van der Waals surface area contributed by atoms with Crippen LogP contribution >= 0.6 is 0 Å². The van der Waals surface area contributed by atoms with Gasteiger partial charge in [0.25, 0.3) is 0 Å². The van der Waals surface area contributed by atoms with Crippen molar-refractivity contribution in [3.8, 4) is 0 Å². The zero-order valence-electron chi connectivity index (χ0n) is 12.2. The number of nitrogens with two attached hydrogens (primary N) is 1. The van der Waals surface area contributed by atoms with Crippen LogP contribution in [0.4, 0.5) is 0 Å². The van der Waals surface area contributed by atoms with Crippen LogP contribution in [0, 0.1) is 13.8 Å². The monoisotopic (exact) mass is 284 g/mol. The SMILES string of the molecule is Cc1cc(C)cc(C(CN)N(C)CCS(C)(=O)=O)c1. The van der Waals surface area contributed by atoms with E-state index in [0.29, 0.717) is 13.1 Å². The molecule has 108 valence electrons. The molecular weight excluding hydrogens is 260 g/mol. The van der Waals surface area contributed by atoms with Crippen LogP contribution in [0.2, 0.25) is 0 Å². The molecular formula is C14H24N2O2S. The second kappa shape index (κ2) is 6.50. The summed E-state index contributed by atoms with van der Waals surface area (Å²) in [6.07, 6.45) is 1.26. The van der Waals surface area contributed by atoms with Crippen LogP contribution in [0.15, 0.2) is 18.2 Å². The first-order valence-electron chi connectivity index (χ1n) is 6.39. The summed E-state index contributed by atoms with van der Waals surface area (Å²) in [5.41, 5.74) is 9.40. The van der Waals surface area contributed by atoms with Gasteiger partial charge in [-0.15, -0.1) is 0 Å². The van der Waals surface area contributed by atoms with Crippen molar-refractivity contribution >= 4 is 9.84 Å². The van der Waals surface area contributed by atoms with Crippen molar-refractivity contribution in [2.45, 2.75) is 19.9 Å². The highest BCUT2D eigenvalue weighted by atomic mass is 32.2. The summed E-state index contributed by atoms with van der Waals surface area (Å²) in [6.45, 7) is 5.08. The van der Waals surface area contributed by atoms with Crippen molar-refractivity contribution in [2.75, 3.05) is 32.1 Å². The molecule has 0 aliphatic heterocycles. The third kappa shape index (κ3) is 5.30. The highest BCUT2D eigenvalue weighted by molar-refractivity contribution is 7.90. The predicted octanol–water partition coefficient (Wildman–Crippen LogP) is 1.28. The van der Waals surface area contributed by atoms with Crippen LogP contribution < -0.4 is 5.73 Å². The summed E-state index contributed by atoms with van der Waals surface area (Å²) in [7, 11) is -1.02. The summed E-state index contributed by atoms with van der Waals surface area (Å²) in [5.74, 6) is 0.158. The highest BCUT2D eigenvalue weighted by Gasteiger charge is 2.17. The van der Waals surface area contributed by atoms with Gasteiger partial charge >= 0.3 is 0 Å². The second-order valence-electron chi connectivity index (χ2n) is 5.28. The zero-order valence-corrected chi connectivity index (χ0v) is 13.0. The molecule has 0 aliphatic carbocycles. The van der Waals surface area contributed by atoms with Crippen molar-refractivity contribution < 1.29 is 8.42 Å². The predicted molar refractivity (Wildman–Crippen MR) is 80.1 cm³/mol. The van der Waals surface area contributed by atoms with E-state index in [0.717, 1.165) is 5.56 Å². The van der Waals surface area contributed by atoms with Gasteiger partial charge in [0.15, 0.2) is 0 Å². The van der Waals surface area contributed by atoms with Crippen LogP contribution in [0.1, 0.15) is 22.7 Å². The molecule has 2 N–H and O–H groups in total. The Morgan fingerprint density at radius 2 is 1.74 bits per heavy atom. The lowest BCUT2D eigenvalue weighted by molar-refractivity contribution is 0.264. The number of rotatable bonds is 6. The number of likely N-dealkylation sites (N-methyl/N-ethyl adjacent to an activating group) is 1. The molecule has 0 aromatic heterocycles. The Labute approximate surface area is 116 Å². The van der Waals surface area contributed by atoms with Gasteiger partial charge in [-0.3, -0.25) is 4.90 Å². The molecule has 1 atom stereocenters. The van der Waals surface area contributed by atoms with Crippen LogP contribution in [-0.4, -0.2) is 45.5 Å². The number of hydrogen-bond acceptors (Lipinski definition) is 4. The highest BCUT2D eigenvalue weighted by Crippen LogP contribution is 2.21. The molecule has 0 saturated carbocycles. The van der Waals surface area contributed by atoms with Gasteiger partial charge in [-0.25, -0.2) is 8.42 Å². The largest absolute Gasteiger partial charge is 0.329 e. The minimum absolute atomic E-state index is 0.0559. The summed E-state index contributed by atoms with van der Waals surface area (Å²) in [4.78, 5) is 2.01. The Morgan fingerprint density at radius 3 is 2.16 bits per heavy atom. The lowest BCUT2D eigenvalue weighted by Gasteiger charge is -2.27. The fraction of sp³-hybridized carbons (Fsp3) is 0.571. The quantitative estimate of drug-likeness (QED) is 0.855. The van der Waals surface area contributed by atoms with Crippen LogP contribution in [0.3, 0.4) is 0 Å². The minimum atomic E-state index is -2.94. The van der Waals surface area contributed by atoms with Gasteiger partial charge in [0, 0.05) is 25.4 Å². The molecule has 4 nitrogen and oxygen atoms in total. The fourth-order valence-corrected chi connectivity index (χ4v) is 2.86. The first-order chi connectivity index (χ1) is 8.73. The van der Waals surface area contributed by atoms with Gasteiger partial charge in [-0.05, 0) is 26.5 Å². The summed E-state index contributed by atoms with van der Waals surface area (Å²) in [6, 6.07) is 6.40. The molecule has 19 heavy (non-hydrogen) atoms. The van der Waals surface area contributed by atoms with E-state index in [1.807, 2.05) is 11.9 Å². The van der Waals surface area contributed by atoms with Gasteiger partial charge in [-0.1, -0.05) is 29.3 Å². The molecule has 0 radical (unpaired) electrons. The molecule has 1 aromatic carbocycles. The van der Waals surface area contributed by atoms with Crippen LogP contribution in [-0.2, 0) is 9.84 Å². The van der Waals surface area contributed by atoms with Gasteiger partial charge < -0.3 is 5.73 Å². The normalized spacial score (nSPS) is 13.8. The van der Waals surface area contributed by atoms with E-state index in [-0.39, 0.29) is 11.8 Å². The van der Waals surface area contributed by atoms with E-state index in [1.165, 1.54) is 17.4 Å². The second-order valence-corrected chi connectivity index (χ2v) is 7.54. The Balaban J connectivity index is 2.87. The van der Waals surface area contributed by atoms with E-state index in [1.54, 1.807) is 0 Å². The summed E-state index contributed by atoms with van der Waals surface area (Å²) >= 11 is 0. The Hall–Kier alpha value is -0.910. The van der Waals surface area contributed by atoms with Crippen molar-refractivity contribution in [2.24, 2.45) is 5.73 Å². The number of sulfone groups is 1. The van der Waals surface area contributed by atoms with E-state index < -0.39 is 9.84 Å². The van der Waals surface area contributed by atoms with Gasteiger partial charge in [-0.2, -0.15) is 0 Å². The molecule has 1 aromatic rings. The number of hydrogen-bond donors (Lipinski definition) is 1. The Morgan fingerprint density at radius 1 is 1.21 bits per heavy atom. The average Bonchev–Trinajstić information content (AvgIpc) is 2.25. The molecule has 0 bridgehead atoms. The Bertz CT molecular complexity index is 506. The van der Waals surface area contributed by atoms with Crippen LogP contribution in [0.5, 0.6) is 0 Å². The molecule has 0 amide bonds. The van der Waals surface area contributed by atoms with E-state index >= 15 is 0 Å². The summed E-state index contributed by atoms with van der Waals surface area (Å²) < 4.78 is 22.5. The molecule has 0 heterocycles. The fourth-order valence-electron chi connectivity index (χ4n) is 2.24. The maximum absolute atomic E-state index is 11.2. The van der Waals surface area contributed by atoms with Crippen molar-refractivity contribution in [3.05, 3.63) is 34.9 Å². The maximum atomic E-state index is 11.2. The number of benzene rings is 1. The van der Waals surface area contributed by atoms with Crippen molar-refractivity contribution in [3.63, 3.8) is 0 Å². The third-order valence-electron chi connectivity index (χ3n) is 3.20. The van der Waals surface area contributed by atoms with E-state index in [2.05, 4.69) is 32.0 Å². The third-order valence-corrected chi connectivity index (χ3v) is 4.12. The number of nitrogens with zero attached hydrogens (tertiary/aromatic N) is 1. The minimum Gasteiger partial charge on any atom is -0.329 e. The smallest absolute Gasteiger partial charge is 0.148 e. The molecule has 1 rings (SSSR count). The van der Waals surface area contributed by atoms with Gasteiger partial charge in [0.1, 0.15) is 9.84 Å². The van der Waals surface area contributed by atoms with E-state index in [4.69, 9.17) is 5.73 Å². The topological polar surface area (TPSA) is 63.4 Å². The maximum Gasteiger partial charge on any atom is 0.148 e. The number of aryl methyl sites for hydroxylation is 2. The lowest BCUT2D eigenvalue weighted by Crippen LogP contribution is -2.34. The molecule has 0 fully saturated rings. The average molecular weight is 284 g/mol. The first kappa shape index (κ1) is 16.1. The molecule has 5 heteroatoms. The molecule has 0 spiro atoms. The van der Waals surface area contributed by atoms with Crippen molar-refractivity contribution in [1.82, 2.24) is 4.90 Å².